The lowest BCUT2D eigenvalue weighted by Gasteiger charge is -2.02. The summed E-state index contributed by atoms with van der Waals surface area (Å²) in [7, 11) is 0. The van der Waals surface area contributed by atoms with Crippen LogP contribution in [0.5, 0.6) is 0 Å². The van der Waals surface area contributed by atoms with Crippen molar-refractivity contribution in [3.8, 4) is 0 Å². The van der Waals surface area contributed by atoms with Crippen LogP contribution in [0.4, 0.5) is 4.79 Å². The van der Waals surface area contributed by atoms with Gasteiger partial charge in [0.25, 0.3) is 0 Å². The summed E-state index contributed by atoms with van der Waals surface area (Å²) in [6.07, 6.45) is 0.112. The number of carbonyl (C=O) groups excluding carboxylic acids is 1. The van der Waals surface area contributed by atoms with Crippen LogP contribution >= 0.6 is 0 Å². The molecule has 1 heterocycles. The fourth-order valence-corrected chi connectivity index (χ4v) is 0.747. The van der Waals surface area contributed by atoms with Crippen LogP contribution in [0.2, 0.25) is 0 Å². The van der Waals surface area contributed by atoms with Gasteiger partial charge in [0.15, 0.2) is 5.82 Å². The average Bonchev–Trinajstić information content (AvgIpc) is 2.57. The standard InChI is InChI=1S/C6H11N5O2/c1-2-13-6(12)7-4-3-5-8-10-11-9-5/h2-4H2,1H3,(H,7,12)(H,8,9,10,11). The third-order valence-corrected chi connectivity index (χ3v) is 1.28. The van der Waals surface area contributed by atoms with Gasteiger partial charge < -0.3 is 10.1 Å². The van der Waals surface area contributed by atoms with Crippen molar-refractivity contribution in [2.75, 3.05) is 13.2 Å². The Hall–Kier alpha value is -1.66. The molecule has 0 saturated heterocycles. The molecule has 0 aromatic carbocycles. The Morgan fingerprint density at radius 1 is 1.69 bits per heavy atom. The smallest absolute Gasteiger partial charge is 0.407 e. The van der Waals surface area contributed by atoms with Crippen LogP contribution in [0.1, 0.15) is 12.7 Å². The van der Waals surface area contributed by atoms with Crippen molar-refractivity contribution in [1.82, 2.24) is 25.9 Å². The van der Waals surface area contributed by atoms with Crippen LogP contribution in [-0.4, -0.2) is 39.9 Å². The first-order valence-electron chi connectivity index (χ1n) is 3.96. The molecule has 0 aliphatic rings. The second kappa shape index (κ2) is 5.07. The van der Waals surface area contributed by atoms with Gasteiger partial charge in [0.1, 0.15) is 0 Å². The number of hydrogen-bond acceptors (Lipinski definition) is 5. The number of H-pyrrole nitrogens is 1. The Morgan fingerprint density at radius 2 is 2.54 bits per heavy atom. The highest BCUT2D eigenvalue weighted by Gasteiger charge is 2.01. The van der Waals surface area contributed by atoms with E-state index in [2.05, 4.69) is 30.7 Å². The number of carbonyl (C=O) groups is 1. The number of alkyl carbamates (subject to hydrolysis) is 1. The van der Waals surface area contributed by atoms with E-state index in [1.807, 2.05) is 0 Å². The molecule has 0 atom stereocenters. The summed E-state index contributed by atoms with van der Waals surface area (Å²) >= 11 is 0. The Kier molecular flexibility index (Phi) is 3.68. The summed E-state index contributed by atoms with van der Waals surface area (Å²) in [5.74, 6) is 0.566. The third kappa shape index (κ3) is 3.50. The molecule has 72 valence electrons. The molecule has 0 aliphatic carbocycles. The maximum absolute atomic E-state index is 10.8. The van der Waals surface area contributed by atoms with Crippen molar-refractivity contribution < 1.29 is 9.53 Å². The van der Waals surface area contributed by atoms with E-state index in [1.165, 1.54) is 0 Å². The fourth-order valence-electron chi connectivity index (χ4n) is 0.747. The fraction of sp³-hybridized carbons (Fsp3) is 0.667. The quantitative estimate of drug-likeness (QED) is 0.658. The summed E-state index contributed by atoms with van der Waals surface area (Å²) in [4.78, 5) is 10.8. The number of tetrazole rings is 1. The topological polar surface area (TPSA) is 92.8 Å². The SMILES string of the molecule is CCOC(=O)NCCc1nn[nH]n1. The lowest BCUT2D eigenvalue weighted by atomic mass is 10.4. The van der Waals surface area contributed by atoms with E-state index in [9.17, 15) is 4.79 Å². The first kappa shape index (κ1) is 9.43. The Morgan fingerprint density at radius 3 is 3.15 bits per heavy atom. The van der Waals surface area contributed by atoms with E-state index >= 15 is 0 Å². The first-order valence-corrected chi connectivity index (χ1v) is 3.96. The first-order chi connectivity index (χ1) is 6.33. The van der Waals surface area contributed by atoms with Gasteiger partial charge in [-0.25, -0.2) is 4.79 Å². The summed E-state index contributed by atoms with van der Waals surface area (Å²) in [5, 5.41) is 15.7. The van der Waals surface area contributed by atoms with Crippen LogP contribution < -0.4 is 5.32 Å². The van der Waals surface area contributed by atoms with Crippen LogP contribution in [-0.2, 0) is 11.2 Å². The maximum Gasteiger partial charge on any atom is 0.407 e. The zero-order chi connectivity index (χ0) is 9.52. The predicted octanol–water partition coefficient (Wildman–Crippen LogP) is -0.512. The molecule has 7 nitrogen and oxygen atoms in total. The van der Waals surface area contributed by atoms with Crippen LogP contribution in [0.25, 0.3) is 0 Å². The number of nitrogens with zero attached hydrogens (tertiary/aromatic N) is 3. The van der Waals surface area contributed by atoms with Crippen molar-refractivity contribution in [2.24, 2.45) is 0 Å². The number of aromatic amines is 1. The summed E-state index contributed by atoms with van der Waals surface area (Å²) in [6.45, 7) is 2.56. The molecule has 1 aromatic rings. The number of aromatic nitrogens is 4. The van der Waals surface area contributed by atoms with E-state index < -0.39 is 6.09 Å². The molecule has 0 radical (unpaired) electrons. The van der Waals surface area contributed by atoms with Gasteiger partial charge in [-0.2, -0.15) is 5.21 Å². The van der Waals surface area contributed by atoms with Gasteiger partial charge in [0, 0.05) is 13.0 Å². The molecular weight excluding hydrogens is 174 g/mol. The van der Waals surface area contributed by atoms with Crippen molar-refractivity contribution in [3.63, 3.8) is 0 Å². The van der Waals surface area contributed by atoms with Gasteiger partial charge in [0.05, 0.1) is 6.61 Å². The van der Waals surface area contributed by atoms with Crippen LogP contribution in [0.15, 0.2) is 0 Å². The molecule has 2 N–H and O–H groups in total. The molecule has 0 spiro atoms. The minimum Gasteiger partial charge on any atom is -0.450 e. The van der Waals surface area contributed by atoms with E-state index in [0.717, 1.165) is 0 Å². The molecular formula is C6H11N5O2. The minimum atomic E-state index is -0.425. The minimum absolute atomic E-state index is 0.369. The lowest BCUT2D eigenvalue weighted by Crippen LogP contribution is -2.26. The molecule has 1 aromatic heterocycles. The zero-order valence-corrected chi connectivity index (χ0v) is 7.28. The largest absolute Gasteiger partial charge is 0.450 e. The second-order valence-corrected chi connectivity index (χ2v) is 2.23. The number of rotatable bonds is 4. The summed E-state index contributed by atoms with van der Waals surface area (Å²) < 4.78 is 4.65. The maximum atomic E-state index is 10.8. The normalized spacial score (nSPS) is 9.62. The average molecular weight is 185 g/mol. The van der Waals surface area contributed by atoms with Crippen LogP contribution in [0, 0.1) is 0 Å². The highest BCUT2D eigenvalue weighted by atomic mass is 16.5. The van der Waals surface area contributed by atoms with Gasteiger partial charge in [0.2, 0.25) is 0 Å². The van der Waals surface area contributed by atoms with Crippen LogP contribution in [0.3, 0.4) is 0 Å². The molecule has 13 heavy (non-hydrogen) atoms. The predicted molar refractivity (Wildman–Crippen MR) is 42.9 cm³/mol. The van der Waals surface area contributed by atoms with Crippen molar-refractivity contribution in [3.05, 3.63) is 5.82 Å². The molecule has 0 unspecified atom stereocenters. The van der Waals surface area contributed by atoms with E-state index in [0.29, 0.717) is 25.4 Å². The summed E-state index contributed by atoms with van der Waals surface area (Å²) in [6, 6.07) is 0. The van der Waals surface area contributed by atoms with Crippen molar-refractivity contribution in [1.29, 1.82) is 0 Å². The van der Waals surface area contributed by atoms with Gasteiger partial charge in [-0.05, 0) is 6.92 Å². The molecule has 0 saturated carbocycles. The van der Waals surface area contributed by atoms with Crippen molar-refractivity contribution in [2.45, 2.75) is 13.3 Å². The number of ether oxygens (including phenoxy) is 1. The Bertz CT molecular complexity index is 248. The lowest BCUT2D eigenvalue weighted by molar-refractivity contribution is 0.152. The monoisotopic (exact) mass is 185 g/mol. The number of hydrogen-bond donors (Lipinski definition) is 2. The third-order valence-electron chi connectivity index (χ3n) is 1.28. The molecule has 0 aliphatic heterocycles. The number of amides is 1. The van der Waals surface area contributed by atoms with Crippen molar-refractivity contribution >= 4 is 6.09 Å². The van der Waals surface area contributed by atoms with Gasteiger partial charge in [-0.1, -0.05) is 5.21 Å². The molecule has 0 fully saturated rings. The Balaban J connectivity index is 2.11. The van der Waals surface area contributed by atoms with Gasteiger partial charge >= 0.3 is 6.09 Å². The zero-order valence-electron chi connectivity index (χ0n) is 7.28. The number of nitrogens with one attached hydrogen (secondary N) is 2. The van der Waals surface area contributed by atoms with E-state index in [1.54, 1.807) is 6.92 Å². The molecule has 1 rings (SSSR count). The molecule has 1 amide bonds. The highest BCUT2D eigenvalue weighted by Crippen LogP contribution is 1.84. The highest BCUT2D eigenvalue weighted by molar-refractivity contribution is 5.66. The second-order valence-electron chi connectivity index (χ2n) is 2.23. The molecule has 0 bridgehead atoms. The Labute approximate surface area is 74.9 Å². The van der Waals surface area contributed by atoms with E-state index in [4.69, 9.17) is 0 Å². The summed E-state index contributed by atoms with van der Waals surface area (Å²) in [5.41, 5.74) is 0. The molecule has 7 heteroatoms. The van der Waals surface area contributed by atoms with Gasteiger partial charge in [-0.15, -0.1) is 10.2 Å². The van der Waals surface area contributed by atoms with Gasteiger partial charge in [-0.3, -0.25) is 0 Å². The van der Waals surface area contributed by atoms with E-state index in [-0.39, 0.29) is 0 Å².